The molecule has 1 saturated carbocycles. The van der Waals surface area contributed by atoms with Gasteiger partial charge in [0.15, 0.2) is 5.78 Å². The molecular formula is C12H15NO3S. The number of carbonyl (C=O) groups is 1. The van der Waals surface area contributed by atoms with E-state index in [0.29, 0.717) is 18.0 Å². The van der Waals surface area contributed by atoms with Gasteiger partial charge in [0, 0.05) is 12.1 Å². The fourth-order valence-electron chi connectivity index (χ4n) is 1.50. The quantitative estimate of drug-likeness (QED) is 0.775. The zero-order valence-electron chi connectivity index (χ0n) is 9.43. The Kier molecular flexibility index (Phi) is 3.59. The normalized spacial score (nSPS) is 15.8. The standard InChI is InChI=1S/C12H15NO3S/c14-12(11-4-2-1-3-5-11)9-17(15,16)13-8-10-6-7-10/h1-5,10,13H,6-9H2. The van der Waals surface area contributed by atoms with E-state index in [-0.39, 0.29) is 5.78 Å². The molecule has 1 aliphatic carbocycles. The number of benzene rings is 1. The van der Waals surface area contributed by atoms with E-state index in [0.717, 1.165) is 12.8 Å². The number of nitrogens with one attached hydrogen (secondary N) is 1. The number of ketones is 1. The van der Waals surface area contributed by atoms with Gasteiger partial charge in [-0.1, -0.05) is 30.3 Å². The Hall–Kier alpha value is -1.20. The molecule has 92 valence electrons. The minimum Gasteiger partial charge on any atom is -0.293 e. The second-order valence-corrected chi connectivity index (χ2v) is 6.15. The molecule has 2 rings (SSSR count). The lowest BCUT2D eigenvalue weighted by Gasteiger charge is -2.05. The summed E-state index contributed by atoms with van der Waals surface area (Å²) in [7, 11) is -3.48. The highest BCUT2D eigenvalue weighted by molar-refractivity contribution is 7.90. The maximum Gasteiger partial charge on any atom is 0.219 e. The van der Waals surface area contributed by atoms with Crippen LogP contribution in [0.25, 0.3) is 0 Å². The van der Waals surface area contributed by atoms with Gasteiger partial charge < -0.3 is 0 Å². The Bertz CT molecular complexity index is 492. The molecule has 0 radical (unpaired) electrons. The van der Waals surface area contributed by atoms with Crippen LogP contribution in [0.2, 0.25) is 0 Å². The Balaban J connectivity index is 1.92. The number of hydrogen-bond donors (Lipinski definition) is 1. The molecule has 0 spiro atoms. The molecule has 1 N–H and O–H groups in total. The van der Waals surface area contributed by atoms with Gasteiger partial charge in [-0.3, -0.25) is 4.79 Å². The summed E-state index contributed by atoms with van der Waals surface area (Å²) in [6.07, 6.45) is 2.16. The van der Waals surface area contributed by atoms with Gasteiger partial charge in [-0.05, 0) is 18.8 Å². The first kappa shape index (κ1) is 12.3. The smallest absolute Gasteiger partial charge is 0.219 e. The average Bonchev–Trinajstić information content (AvgIpc) is 3.11. The van der Waals surface area contributed by atoms with Crippen LogP contribution in [-0.4, -0.2) is 26.5 Å². The van der Waals surface area contributed by atoms with Crippen LogP contribution in [0.5, 0.6) is 0 Å². The summed E-state index contributed by atoms with van der Waals surface area (Å²) in [4.78, 5) is 11.7. The highest BCUT2D eigenvalue weighted by Gasteiger charge is 2.24. The molecule has 0 atom stereocenters. The topological polar surface area (TPSA) is 63.2 Å². The van der Waals surface area contributed by atoms with Crippen molar-refractivity contribution < 1.29 is 13.2 Å². The predicted molar refractivity (Wildman–Crippen MR) is 65.3 cm³/mol. The summed E-state index contributed by atoms with van der Waals surface area (Å²) in [6, 6.07) is 8.48. The zero-order valence-corrected chi connectivity index (χ0v) is 10.2. The molecule has 4 nitrogen and oxygen atoms in total. The number of sulfonamides is 1. The van der Waals surface area contributed by atoms with Crippen LogP contribution in [0.3, 0.4) is 0 Å². The van der Waals surface area contributed by atoms with E-state index >= 15 is 0 Å². The molecule has 1 aromatic rings. The zero-order chi connectivity index (χ0) is 12.3. The van der Waals surface area contributed by atoms with Gasteiger partial charge in [0.2, 0.25) is 10.0 Å². The van der Waals surface area contributed by atoms with Gasteiger partial charge in [-0.2, -0.15) is 0 Å². The van der Waals surface area contributed by atoms with E-state index in [4.69, 9.17) is 0 Å². The summed E-state index contributed by atoms with van der Waals surface area (Å²) in [5, 5.41) is 0. The van der Waals surface area contributed by atoms with Crippen molar-refractivity contribution in [2.45, 2.75) is 12.8 Å². The van der Waals surface area contributed by atoms with Gasteiger partial charge in [0.25, 0.3) is 0 Å². The molecule has 0 unspecified atom stereocenters. The highest BCUT2D eigenvalue weighted by atomic mass is 32.2. The van der Waals surface area contributed by atoms with Crippen LogP contribution in [0, 0.1) is 5.92 Å². The number of rotatable bonds is 6. The first-order valence-corrected chi connectivity index (χ1v) is 7.28. The highest BCUT2D eigenvalue weighted by Crippen LogP contribution is 2.27. The number of carbonyl (C=O) groups excluding carboxylic acids is 1. The lowest BCUT2D eigenvalue weighted by molar-refractivity contribution is 0.102. The molecule has 1 fully saturated rings. The van der Waals surface area contributed by atoms with E-state index < -0.39 is 15.8 Å². The summed E-state index contributed by atoms with van der Waals surface area (Å²) >= 11 is 0. The summed E-state index contributed by atoms with van der Waals surface area (Å²) < 4.78 is 25.7. The Morgan fingerprint density at radius 1 is 1.24 bits per heavy atom. The van der Waals surface area contributed by atoms with E-state index in [2.05, 4.69) is 4.72 Å². The van der Waals surface area contributed by atoms with Gasteiger partial charge in [-0.25, -0.2) is 13.1 Å². The summed E-state index contributed by atoms with van der Waals surface area (Å²) in [5.41, 5.74) is 0.435. The Morgan fingerprint density at radius 3 is 2.47 bits per heavy atom. The molecule has 0 aromatic heterocycles. The van der Waals surface area contributed by atoms with Crippen molar-refractivity contribution in [3.05, 3.63) is 35.9 Å². The molecule has 0 amide bonds. The van der Waals surface area contributed by atoms with Crippen molar-refractivity contribution >= 4 is 15.8 Å². The van der Waals surface area contributed by atoms with E-state index in [1.54, 1.807) is 30.3 Å². The monoisotopic (exact) mass is 253 g/mol. The minimum atomic E-state index is -3.48. The average molecular weight is 253 g/mol. The van der Waals surface area contributed by atoms with E-state index in [9.17, 15) is 13.2 Å². The second kappa shape index (κ2) is 4.98. The molecule has 1 aliphatic rings. The fourth-order valence-corrected chi connectivity index (χ4v) is 2.60. The van der Waals surface area contributed by atoms with Gasteiger partial charge >= 0.3 is 0 Å². The van der Waals surface area contributed by atoms with Crippen LogP contribution in [0.15, 0.2) is 30.3 Å². The summed E-state index contributed by atoms with van der Waals surface area (Å²) in [5.74, 6) is -0.366. The predicted octanol–water partition coefficient (Wildman–Crippen LogP) is 1.20. The molecule has 0 bridgehead atoms. The number of Topliss-reactive ketones (excluding diaryl/α,β-unsaturated/α-hetero) is 1. The molecule has 17 heavy (non-hydrogen) atoms. The van der Waals surface area contributed by atoms with Gasteiger partial charge in [0.1, 0.15) is 5.75 Å². The summed E-state index contributed by atoms with van der Waals surface area (Å²) in [6.45, 7) is 0.463. The Morgan fingerprint density at radius 2 is 1.88 bits per heavy atom. The van der Waals surface area contributed by atoms with Crippen LogP contribution < -0.4 is 4.72 Å². The third-order valence-corrected chi connectivity index (χ3v) is 3.95. The van der Waals surface area contributed by atoms with Crippen molar-refractivity contribution in [2.75, 3.05) is 12.3 Å². The fraction of sp³-hybridized carbons (Fsp3) is 0.417. The molecular weight excluding hydrogens is 238 g/mol. The SMILES string of the molecule is O=C(CS(=O)(=O)NCC1CC1)c1ccccc1. The van der Waals surface area contributed by atoms with Crippen molar-refractivity contribution in [1.29, 1.82) is 0 Å². The first-order valence-electron chi connectivity index (χ1n) is 5.62. The Labute approximate surface area is 101 Å². The van der Waals surface area contributed by atoms with Crippen molar-refractivity contribution in [3.63, 3.8) is 0 Å². The van der Waals surface area contributed by atoms with Crippen LogP contribution in [0.1, 0.15) is 23.2 Å². The lowest BCUT2D eigenvalue weighted by atomic mass is 10.2. The number of hydrogen-bond acceptors (Lipinski definition) is 3. The largest absolute Gasteiger partial charge is 0.293 e. The molecule has 0 saturated heterocycles. The van der Waals surface area contributed by atoms with E-state index in [1.165, 1.54) is 0 Å². The molecule has 5 heteroatoms. The van der Waals surface area contributed by atoms with Gasteiger partial charge in [0.05, 0.1) is 0 Å². The van der Waals surface area contributed by atoms with Crippen LogP contribution >= 0.6 is 0 Å². The van der Waals surface area contributed by atoms with E-state index in [1.807, 2.05) is 0 Å². The first-order chi connectivity index (χ1) is 8.07. The van der Waals surface area contributed by atoms with Crippen molar-refractivity contribution in [1.82, 2.24) is 4.72 Å². The third-order valence-electron chi connectivity index (χ3n) is 2.71. The molecule has 0 heterocycles. The molecule has 1 aromatic carbocycles. The van der Waals surface area contributed by atoms with Crippen LogP contribution in [-0.2, 0) is 10.0 Å². The van der Waals surface area contributed by atoms with Crippen molar-refractivity contribution in [3.8, 4) is 0 Å². The van der Waals surface area contributed by atoms with Crippen molar-refractivity contribution in [2.24, 2.45) is 5.92 Å². The maximum absolute atomic E-state index is 11.7. The minimum absolute atomic E-state index is 0.367. The molecule has 0 aliphatic heterocycles. The lowest BCUT2D eigenvalue weighted by Crippen LogP contribution is -2.31. The second-order valence-electron chi connectivity index (χ2n) is 4.34. The third kappa shape index (κ3) is 3.94. The van der Waals surface area contributed by atoms with Crippen LogP contribution in [0.4, 0.5) is 0 Å². The maximum atomic E-state index is 11.7. The van der Waals surface area contributed by atoms with Gasteiger partial charge in [-0.15, -0.1) is 0 Å².